The lowest BCUT2D eigenvalue weighted by molar-refractivity contribution is 0.0819. The van der Waals surface area contributed by atoms with Crippen molar-refractivity contribution < 1.29 is 26.7 Å². The second-order valence-electron chi connectivity index (χ2n) is 6.90. The molecule has 1 aliphatic rings. The molecule has 0 spiro atoms. The van der Waals surface area contributed by atoms with Gasteiger partial charge in [0, 0.05) is 0 Å². The van der Waals surface area contributed by atoms with Crippen LogP contribution in [0.3, 0.4) is 0 Å². The first-order chi connectivity index (χ1) is 15.8. The third-order valence-corrected chi connectivity index (χ3v) is 6.22. The van der Waals surface area contributed by atoms with Crippen LogP contribution in [0, 0.1) is 0 Å². The Hall–Kier alpha value is -3.37. The first kappa shape index (κ1) is 22.8. The number of para-hydroxylation sites is 2. The van der Waals surface area contributed by atoms with Gasteiger partial charge in [-0.3, -0.25) is 0 Å². The quantitative estimate of drug-likeness (QED) is 0.481. The van der Waals surface area contributed by atoms with Crippen LogP contribution in [0.2, 0.25) is 5.02 Å². The minimum atomic E-state index is -3.89. The van der Waals surface area contributed by atoms with Gasteiger partial charge in [-0.15, -0.1) is 0 Å². The highest BCUT2D eigenvalue weighted by Gasteiger charge is 2.29. The van der Waals surface area contributed by atoms with Gasteiger partial charge in [-0.05, 0) is 42.0 Å². The molecular formula is C22H18ClF2N3O4S. The fourth-order valence-electron chi connectivity index (χ4n) is 3.01. The van der Waals surface area contributed by atoms with Gasteiger partial charge in [-0.1, -0.05) is 41.9 Å². The number of benzene rings is 3. The summed E-state index contributed by atoms with van der Waals surface area (Å²) in [5, 5.41) is 3.34. The number of rotatable bonds is 7. The fraction of sp³-hybridized carbons (Fsp3) is 0.136. The molecule has 2 N–H and O–H groups in total. The molecule has 4 rings (SSSR count). The monoisotopic (exact) mass is 493 g/mol. The molecule has 1 heterocycles. The lowest BCUT2D eigenvalue weighted by Crippen LogP contribution is -2.40. The van der Waals surface area contributed by atoms with Gasteiger partial charge in [0.25, 0.3) is 16.4 Å². The molecular weight excluding hydrogens is 476 g/mol. The van der Waals surface area contributed by atoms with E-state index in [1.807, 2.05) is 0 Å². The molecule has 0 fully saturated rings. The number of sulfonamides is 1. The molecule has 0 aromatic heterocycles. The molecule has 172 valence electrons. The minimum absolute atomic E-state index is 0.00605. The van der Waals surface area contributed by atoms with E-state index < -0.39 is 23.1 Å². The van der Waals surface area contributed by atoms with Crippen LogP contribution in [0.5, 0.6) is 17.2 Å². The maximum absolute atomic E-state index is 12.7. The first-order valence-electron chi connectivity index (χ1n) is 9.71. The zero-order chi connectivity index (χ0) is 23.4. The summed E-state index contributed by atoms with van der Waals surface area (Å²) in [4.78, 5) is 4.30. The summed E-state index contributed by atoms with van der Waals surface area (Å²) >= 11 is 6.16. The van der Waals surface area contributed by atoms with Gasteiger partial charge >= 0.3 is 0 Å². The van der Waals surface area contributed by atoms with Gasteiger partial charge in [0.2, 0.25) is 5.96 Å². The van der Waals surface area contributed by atoms with Crippen molar-refractivity contribution in [2.24, 2.45) is 4.99 Å². The number of alkyl halides is 2. The highest BCUT2D eigenvalue weighted by Crippen LogP contribution is 2.38. The maximum atomic E-state index is 12.7. The summed E-state index contributed by atoms with van der Waals surface area (Å²) in [5.41, 5.74) is 0.949. The van der Waals surface area contributed by atoms with Crippen LogP contribution in [-0.2, 0) is 16.6 Å². The molecule has 7 nitrogen and oxygen atoms in total. The molecule has 0 atom stereocenters. The second kappa shape index (κ2) is 9.63. The Bertz CT molecular complexity index is 1290. The first-order valence-corrected chi connectivity index (χ1v) is 11.6. The van der Waals surface area contributed by atoms with Gasteiger partial charge in [-0.25, -0.2) is 26.9 Å². The highest BCUT2D eigenvalue weighted by atomic mass is 35.5. The summed E-state index contributed by atoms with van der Waals surface area (Å²) < 4.78 is 63.2. The van der Waals surface area contributed by atoms with E-state index in [0.29, 0.717) is 16.5 Å². The molecule has 0 saturated carbocycles. The van der Waals surface area contributed by atoms with E-state index in [1.54, 1.807) is 60.7 Å². The zero-order valence-corrected chi connectivity index (χ0v) is 18.5. The molecule has 11 heteroatoms. The van der Waals surface area contributed by atoms with Crippen molar-refractivity contribution in [3.63, 3.8) is 0 Å². The largest absolute Gasteiger partial charge is 0.488 e. The molecule has 3 aromatic carbocycles. The van der Waals surface area contributed by atoms with Gasteiger partial charge in [0.15, 0.2) is 5.75 Å². The van der Waals surface area contributed by atoms with E-state index in [2.05, 4.69) is 15.0 Å². The van der Waals surface area contributed by atoms with E-state index in [1.165, 1.54) is 6.07 Å². The number of fused-ring (bicyclic) bond motifs is 1. The van der Waals surface area contributed by atoms with Crippen molar-refractivity contribution in [2.75, 3.05) is 11.9 Å². The number of guanidine groups is 1. The van der Waals surface area contributed by atoms with Crippen LogP contribution in [0.4, 0.5) is 14.5 Å². The van der Waals surface area contributed by atoms with Crippen molar-refractivity contribution in [1.29, 1.82) is 0 Å². The number of nitrogens with zero attached hydrogens (tertiary/aromatic N) is 1. The van der Waals surface area contributed by atoms with Crippen molar-refractivity contribution in [2.45, 2.75) is 17.9 Å². The lowest BCUT2D eigenvalue weighted by atomic mass is 10.2. The highest BCUT2D eigenvalue weighted by molar-refractivity contribution is 7.90. The van der Waals surface area contributed by atoms with Crippen LogP contribution < -0.4 is 19.5 Å². The smallest absolute Gasteiger partial charge is 0.272 e. The van der Waals surface area contributed by atoms with Crippen LogP contribution in [0.1, 0.15) is 5.56 Å². The van der Waals surface area contributed by atoms with Crippen LogP contribution in [0.15, 0.2) is 76.6 Å². The Morgan fingerprint density at radius 1 is 0.970 bits per heavy atom. The Labute approximate surface area is 194 Å². The standard InChI is InChI=1S/C22H18ClF2N3O4S/c23-16-4-1-2-5-17(16)32-18-6-3-7-19-21(18)27-22(28-33(19,29)30)26-12-14-8-10-15(11-9-14)31-13-20(24)25/h1-11,20H,12-13H2,(H2,26,27,28). The number of halogens is 3. The van der Waals surface area contributed by atoms with Gasteiger partial charge < -0.3 is 14.8 Å². The predicted molar refractivity (Wildman–Crippen MR) is 121 cm³/mol. The Morgan fingerprint density at radius 3 is 2.42 bits per heavy atom. The van der Waals surface area contributed by atoms with Crippen molar-refractivity contribution in [3.8, 4) is 17.2 Å². The summed E-state index contributed by atoms with van der Waals surface area (Å²) in [6, 6.07) is 17.8. The van der Waals surface area contributed by atoms with Crippen molar-refractivity contribution in [1.82, 2.24) is 4.72 Å². The van der Waals surface area contributed by atoms with Crippen LogP contribution in [0.25, 0.3) is 0 Å². The summed E-state index contributed by atoms with van der Waals surface area (Å²) in [6.07, 6.45) is -2.56. The molecule has 3 aromatic rings. The van der Waals surface area contributed by atoms with Gasteiger partial charge in [0.05, 0.1) is 11.6 Å². The normalized spacial score (nSPS) is 15.5. The molecule has 0 saturated heterocycles. The number of nitrogens with one attached hydrogen (secondary N) is 2. The van der Waals surface area contributed by atoms with Crippen molar-refractivity contribution in [3.05, 3.63) is 77.3 Å². The Morgan fingerprint density at radius 2 is 1.70 bits per heavy atom. The summed E-state index contributed by atoms with van der Waals surface area (Å²) in [7, 11) is -3.89. The average Bonchev–Trinajstić information content (AvgIpc) is 2.78. The second-order valence-corrected chi connectivity index (χ2v) is 8.96. The van der Waals surface area contributed by atoms with E-state index in [4.69, 9.17) is 21.1 Å². The number of aliphatic imine (C=N–C) groups is 1. The molecule has 0 unspecified atom stereocenters. The third kappa shape index (κ3) is 5.52. The number of hydrogen-bond acceptors (Lipinski definition) is 5. The topological polar surface area (TPSA) is 89.0 Å². The average molecular weight is 494 g/mol. The third-order valence-electron chi connectivity index (χ3n) is 4.53. The maximum Gasteiger partial charge on any atom is 0.272 e. The van der Waals surface area contributed by atoms with Crippen LogP contribution >= 0.6 is 11.6 Å². The van der Waals surface area contributed by atoms with Crippen molar-refractivity contribution >= 4 is 33.3 Å². The lowest BCUT2D eigenvalue weighted by Gasteiger charge is -2.23. The summed E-state index contributed by atoms with van der Waals surface area (Å²) in [5.74, 6) is 0.950. The number of anilines is 1. The zero-order valence-electron chi connectivity index (χ0n) is 17.0. The predicted octanol–water partition coefficient (Wildman–Crippen LogP) is 5.04. The minimum Gasteiger partial charge on any atom is -0.488 e. The molecule has 0 bridgehead atoms. The molecule has 0 aliphatic carbocycles. The Balaban J connectivity index is 1.55. The molecule has 33 heavy (non-hydrogen) atoms. The molecule has 0 amide bonds. The van der Waals surface area contributed by atoms with E-state index >= 15 is 0 Å². The fourth-order valence-corrected chi connectivity index (χ4v) is 4.34. The van der Waals surface area contributed by atoms with E-state index in [9.17, 15) is 17.2 Å². The van der Waals surface area contributed by atoms with Gasteiger partial charge in [-0.2, -0.15) is 0 Å². The molecule has 0 radical (unpaired) electrons. The summed E-state index contributed by atoms with van der Waals surface area (Å²) in [6.45, 7) is -0.561. The number of hydrogen-bond donors (Lipinski definition) is 2. The Kier molecular flexibility index (Phi) is 6.66. The van der Waals surface area contributed by atoms with Gasteiger partial charge in [0.1, 0.15) is 28.7 Å². The van der Waals surface area contributed by atoms with E-state index in [0.717, 1.165) is 5.56 Å². The SMILES string of the molecule is O=S1(=O)NC(=NCc2ccc(OCC(F)F)cc2)Nc2c(Oc3ccccc3Cl)cccc21. The van der Waals surface area contributed by atoms with E-state index in [-0.39, 0.29) is 28.8 Å². The van der Waals surface area contributed by atoms with Crippen LogP contribution in [-0.4, -0.2) is 27.4 Å². The number of ether oxygens (including phenoxy) is 2. The molecule has 1 aliphatic heterocycles.